The fraction of sp³-hybridized carbons (Fsp3) is 0.733. The van der Waals surface area contributed by atoms with Crippen molar-refractivity contribution in [1.82, 2.24) is 10.0 Å². The maximum Gasteiger partial charge on any atom is 0.241 e. The molecule has 0 atom stereocenters. The van der Waals surface area contributed by atoms with Crippen molar-refractivity contribution in [3.05, 3.63) is 15.8 Å². The molecule has 1 aromatic heterocycles. The molecule has 0 aromatic carbocycles. The van der Waals surface area contributed by atoms with Gasteiger partial charge in [-0.15, -0.1) is 11.3 Å². The van der Waals surface area contributed by atoms with E-state index >= 15 is 0 Å². The lowest BCUT2D eigenvalue weighted by molar-refractivity contribution is 0.570. The van der Waals surface area contributed by atoms with Gasteiger partial charge in [-0.2, -0.15) is 0 Å². The van der Waals surface area contributed by atoms with Crippen LogP contribution < -0.4 is 10.0 Å². The first-order valence-corrected chi connectivity index (χ1v) is 10.2. The van der Waals surface area contributed by atoms with Crippen molar-refractivity contribution >= 4 is 21.4 Å². The molecule has 1 fully saturated rings. The lowest BCUT2D eigenvalue weighted by atomic mass is 10.2. The summed E-state index contributed by atoms with van der Waals surface area (Å²) in [6.07, 6.45) is 5.78. The van der Waals surface area contributed by atoms with Crippen LogP contribution in [0.1, 0.15) is 49.5 Å². The van der Waals surface area contributed by atoms with Gasteiger partial charge in [0.15, 0.2) is 0 Å². The van der Waals surface area contributed by atoms with E-state index in [1.165, 1.54) is 24.2 Å². The van der Waals surface area contributed by atoms with Crippen LogP contribution in [0.4, 0.5) is 0 Å². The van der Waals surface area contributed by atoms with Gasteiger partial charge in [0.25, 0.3) is 0 Å². The molecule has 1 aliphatic carbocycles. The van der Waals surface area contributed by atoms with Gasteiger partial charge in [0.2, 0.25) is 10.0 Å². The Hall–Kier alpha value is -0.430. The highest BCUT2D eigenvalue weighted by Crippen LogP contribution is 2.33. The zero-order valence-corrected chi connectivity index (χ0v) is 14.6. The summed E-state index contributed by atoms with van der Waals surface area (Å²) in [6.45, 7) is 6.07. The van der Waals surface area contributed by atoms with Gasteiger partial charge in [-0.1, -0.05) is 19.8 Å². The van der Waals surface area contributed by atoms with Crippen LogP contribution in [0.5, 0.6) is 0 Å². The maximum absolute atomic E-state index is 12.5. The summed E-state index contributed by atoms with van der Waals surface area (Å²) >= 11 is 1.53. The van der Waals surface area contributed by atoms with Crippen molar-refractivity contribution in [2.75, 3.05) is 13.1 Å². The highest BCUT2D eigenvalue weighted by molar-refractivity contribution is 7.89. The molecule has 1 saturated carbocycles. The molecule has 1 aliphatic rings. The summed E-state index contributed by atoms with van der Waals surface area (Å²) in [5, 5.41) is 5.22. The van der Waals surface area contributed by atoms with E-state index < -0.39 is 10.0 Å². The maximum atomic E-state index is 12.5. The summed E-state index contributed by atoms with van der Waals surface area (Å²) in [5.74, 6) is 0.853. The van der Waals surface area contributed by atoms with Gasteiger partial charge in [0.05, 0.1) is 0 Å². The normalized spacial score (nSPS) is 15.5. The molecule has 0 saturated heterocycles. The predicted octanol–water partition coefficient (Wildman–Crippen LogP) is 3.02. The fourth-order valence-electron chi connectivity index (χ4n) is 2.42. The quantitative estimate of drug-likeness (QED) is 0.648. The Morgan fingerprint density at radius 3 is 2.76 bits per heavy atom. The summed E-state index contributed by atoms with van der Waals surface area (Å²) < 4.78 is 27.8. The molecule has 0 bridgehead atoms. The van der Waals surface area contributed by atoms with Crippen LogP contribution in [0.3, 0.4) is 0 Å². The molecule has 1 aromatic rings. The van der Waals surface area contributed by atoms with Crippen molar-refractivity contribution in [3.63, 3.8) is 0 Å². The monoisotopic (exact) mass is 330 g/mol. The number of thiophene rings is 1. The smallest absolute Gasteiger partial charge is 0.241 e. The highest BCUT2D eigenvalue weighted by Gasteiger charge is 2.23. The van der Waals surface area contributed by atoms with E-state index in [0.717, 1.165) is 42.2 Å². The molecule has 2 rings (SSSR count). The highest BCUT2D eigenvalue weighted by atomic mass is 32.2. The van der Waals surface area contributed by atoms with Gasteiger partial charge < -0.3 is 5.32 Å². The van der Waals surface area contributed by atoms with Crippen LogP contribution in [-0.4, -0.2) is 21.5 Å². The first kappa shape index (κ1) is 16.9. The van der Waals surface area contributed by atoms with E-state index in [1.54, 1.807) is 0 Å². The molecule has 6 heteroatoms. The third kappa shape index (κ3) is 5.06. The molecule has 0 amide bonds. The molecule has 0 spiro atoms. The van der Waals surface area contributed by atoms with Gasteiger partial charge in [-0.3, -0.25) is 0 Å². The number of sulfonamides is 1. The average Bonchev–Trinajstić information content (AvgIpc) is 3.18. The molecule has 0 radical (unpaired) electrons. The molecule has 0 unspecified atom stereocenters. The summed E-state index contributed by atoms with van der Waals surface area (Å²) in [5.41, 5.74) is 0.850. The molecule has 1 heterocycles. The number of rotatable bonds is 10. The van der Waals surface area contributed by atoms with E-state index in [9.17, 15) is 8.42 Å². The molecule has 0 aliphatic heterocycles. The summed E-state index contributed by atoms with van der Waals surface area (Å²) in [6, 6.07) is 0. The van der Waals surface area contributed by atoms with Crippen LogP contribution in [0, 0.1) is 12.8 Å². The summed E-state index contributed by atoms with van der Waals surface area (Å²) in [7, 11) is -3.37. The van der Waals surface area contributed by atoms with E-state index in [-0.39, 0.29) is 0 Å². The van der Waals surface area contributed by atoms with Gasteiger partial charge in [-0.05, 0) is 49.6 Å². The van der Waals surface area contributed by atoms with E-state index in [4.69, 9.17) is 0 Å². The van der Waals surface area contributed by atoms with Crippen LogP contribution in [0.2, 0.25) is 0 Å². The first-order valence-electron chi connectivity index (χ1n) is 7.82. The second-order valence-corrected chi connectivity index (χ2v) is 8.50. The Bertz CT molecular complexity index is 548. The van der Waals surface area contributed by atoms with E-state index in [2.05, 4.69) is 17.0 Å². The zero-order valence-electron chi connectivity index (χ0n) is 12.9. The molecular weight excluding hydrogens is 304 g/mol. The van der Waals surface area contributed by atoms with Crippen LogP contribution >= 0.6 is 11.3 Å². The SMILES string of the molecule is CCCNCc1scc(C)c1S(=O)(=O)NCCCC1CC1. The van der Waals surface area contributed by atoms with E-state index in [1.807, 2.05) is 12.3 Å². The van der Waals surface area contributed by atoms with Crippen LogP contribution in [-0.2, 0) is 16.6 Å². The minimum atomic E-state index is -3.37. The Morgan fingerprint density at radius 1 is 1.33 bits per heavy atom. The number of hydrogen-bond acceptors (Lipinski definition) is 4. The topological polar surface area (TPSA) is 58.2 Å². The summed E-state index contributed by atoms with van der Waals surface area (Å²) in [4.78, 5) is 1.40. The second kappa shape index (κ2) is 7.72. The lowest BCUT2D eigenvalue weighted by Crippen LogP contribution is -2.26. The fourth-order valence-corrected chi connectivity index (χ4v) is 5.28. The third-order valence-corrected chi connectivity index (χ3v) is 6.67. The molecule has 120 valence electrons. The number of aryl methyl sites for hydroxylation is 1. The Kier molecular flexibility index (Phi) is 6.22. The minimum Gasteiger partial charge on any atom is -0.312 e. The van der Waals surface area contributed by atoms with Crippen molar-refractivity contribution in [2.45, 2.75) is 57.4 Å². The third-order valence-electron chi connectivity index (χ3n) is 3.75. The second-order valence-electron chi connectivity index (χ2n) is 5.83. The molecular formula is C15H26N2O2S2. The molecule has 21 heavy (non-hydrogen) atoms. The van der Waals surface area contributed by atoms with Gasteiger partial charge in [0.1, 0.15) is 4.90 Å². The van der Waals surface area contributed by atoms with Gasteiger partial charge in [-0.25, -0.2) is 13.1 Å². The van der Waals surface area contributed by atoms with Gasteiger partial charge in [0, 0.05) is 18.0 Å². The largest absolute Gasteiger partial charge is 0.312 e. The first-order chi connectivity index (χ1) is 10.0. The Labute approximate surface area is 132 Å². The Balaban J connectivity index is 1.94. The average molecular weight is 331 g/mol. The lowest BCUT2D eigenvalue weighted by Gasteiger charge is -2.09. The minimum absolute atomic E-state index is 0.488. The van der Waals surface area contributed by atoms with Crippen molar-refractivity contribution in [3.8, 4) is 0 Å². The van der Waals surface area contributed by atoms with Crippen LogP contribution in [0.15, 0.2) is 10.3 Å². The number of nitrogens with one attached hydrogen (secondary N) is 2. The molecule has 4 nitrogen and oxygen atoms in total. The van der Waals surface area contributed by atoms with Crippen molar-refractivity contribution in [2.24, 2.45) is 5.92 Å². The van der Waals surface area contributed by atoms with E-state index in [0.29, 0.717) is 18.0 Å². The standard InChI is InChI=1S/C15H26N2O2S2/c1-3-8-16-10-14-15(12(2)11-20-14)21(18,19)17-9-4-5-13-6-7-13/h11,13,16-17H,3-10H2,1-2H3. The predicted molar refractivity (Wildman–Crippen MR) is 88.2 cm³/mol. The molecule has 2 N–H and O–H groups in total. The number of hydrogen-bond donors (Lipinski definition) is 2. The zero-order chi connectivity index (χ0) is 15.3. The van der Waals surface area contributed by atoms with Gasteiger partial charge >= 0.3 is 0 Å². The van der Waals surface area contributed by atoms with Crippen molar-refractivity contribution < 1.29 is 8.42 Å². The van der Waals surface area contributed by atoms with Crippen molar-refractivity contribution in [1.29, 1.82) is 0 Å². The Morgan fingerprint density at radius 2 is 2.10 bits per heavy atom. The van der Waals surface area contributed by atoms with Crippen LogP contribution in [0.25, 0.3) is 0 Å².